The summed E-state index contributed by atoms with van der Waals surface area (Å²) in [7, 11) is 3.02. The van der Waals surface area contributed by atoms with Crippen molar-refractivity contribution in [3.05, 3.63) is 70.9 Å². The highest BCUT2D eigenvalue weighted by molar-refractivity contribution is 6.30. The van der Waals surface area contributed by atoms with E-state index in [1.807, 2.05) is 18.2 Å². The molecule has 1 N–H and O–H groups in total. The van der Waals surface area contributed by atoms with Crippen LogP contribution in [-0.4, -0.2) is 26.3 Å². The number of hydrogen-bond acceptors (Lipinski definition) is 5. The number of rotatable bonds is 6. The summed E-state index contributed by atoms with van der Waals surface area (Å²) in [5.74, 6) is 1.76. The summed E-state index contributed by atoms with van der Waals surface area (Å²) < 4.78 is 16.0. The molecule has 3 rings (SSSR count). The molecule has 6 nitrogen and oxygen atoms in total. The van der Waals surface area contributed by atoms with Crippen LogP contribution in [0.5, 0.6) is 11.5 Å². The van der Waals surface area contributed by atoms with Gasteiger partial charge >= 0.3 is 0 Å². The van der Waals surface area contributed by atoms with Crippen molar-refractivity contribution in [1.29, 1.82) is 0 Å². The van der Waals surface area contributed by atoms with E-state index < -0.39 is 5.91 Å². The fourth-order valence-electron chi connectivity index (χ4n) is 2.39. The van der Waals surface area contributed by atoms with Crippen molar-refractivity contribution in [2.24, 2.45) is 5.10 Å². The third-order valence-corrected chi connectivity index (χ3v) is 4.02. The van der Waals surface area contributed by atoms with Crippen molar-refractivity contribution in [2.45, 2.75) is 0 Å². The molecule has 1 heterocycles. The summed E-state index contributed by atoms with van der Waals surface area (Å²) in [5, 5.41) is 4.59. The van der Waals surface area contributed by atoms with Crippen molar-refractivity contribution in [1.82, 2.24) is 5.43 Å². The van der Waals surface area contributed by atoms with Crippen LogP contribution in [0.15, 0.2) is 64.1 Å². The van der Waals surface area contributed by atoms with E-state index in [1.54, 1.807) is 43.5 Å². The molecule has 0 unspecified atom stereocenters. The zero-order valence-electron chi connectivity index (χ0n) is 14.7. The van der Waals surface area contributed by atoms with Crippen LogP contribution in [0, 0.1) is 0 Å². The zero-order valence-corrected chi connectivity index (χ0v) is 15.5. The molecule has 0 saturated heterocycles. The Labute approximate surface area is 161 Å². The predicted molar refractivity (Wildman–Crippen MR) is 104 cm³/mol. The Morgan fingerprint density at radius 1 is 1.07 bits per heavy atom. The number of carbonyl (C=O) groups is 1. The number of halogens is 1. The van der Waals surface area contributed by atoms with Crippen LogP contribution in [0.4, 0.5) is 0 Å². The van der Waals surface area contributed by atoms with Crippen LogP contribution in [-0.2, 0) is 0 Å². The number of hydrogen-bond donors (Lipinski definition) is 1. The number of nitrogens with zero attached hydrogens (tertiary/aromatic N) is 1. The Hall–Kier alpha value is -3.25. The Morgan fingerprint density at radius 3 is 2.56 bits per heavy atom. The molecule has 3 aromatic rings. The number of furan rings is 1. The van der Waals surface area contributed by atoms with Gasteiger partial charge in [0.25, 0.3) is 5.91 Å². The molecule has 0 spiro atoms. The topological polar surface area (TPSA) is 73.1 Å². The van der Waals surface area contributed by atoms with Gasteiger partial charge in [0.2, 0.25) is 0 Å². The summed E-state index contributed by atoms with van der Waals surface area (Å²) in [4.78, 5) is 12.3. The van der Waals surface area contributed by atoms with Crippen LogP contribution in [0.25, 0.3) is 11.3 Å². The fraction of sp³-hybridized carbons (Fsp3) is 0.100. The van der Waals surface area contributed by atoms with Crippen molar-refractivity contribution >= 4 is 23.7 Å². The molecular weight excluding hydrogens is 368 g/mol. The highest BCUT2D eigenvalue weighted by Gasteiger charge is 2.12. The maximum absolute atomic E-state index is 12.3. The van der Waals surface area contributed by atoms with Gasteiger partial charge < -0.3 is 13.9 Å². The molecule has 0 radical (unpaired) electrons. The molecule has 2 aromatic carbocycles. The second-order valence-corrected chi connectivity index (χ2v) is 5.91. The molecule has 1 amide bonds. The standard InChI is InChI=1S/C20H17ClN2O4/c1-25-15-7-9-17(19(11-15)26-2)20(24)23-22-12-16-8-10-18(27-16)13-3-5-14(21)6-4-13/h3-12H,1-2H3,(H,23,24). The van der Waals surface area contributed by atoms with E-state index in [-0.39, 0.29) is 0 Å². The third-order valence-electron chi connectivity index (χ3n) is 3.77. The zero-order chi connectivity index (χ0) is 19.2. The molecule has 0 aliphatic rings. The van der Waals surface area contributed by atoms with Crippen LogP contribution < -0.4 is 14.9 Å². The third kappa shape index (κ3) is 4.48. The lowest BCUT2D eigenvalue weighted by molar-refractivity contribution is 0.0952. The van der Waals surface area contributed by atoms with Gasteiger partial charge in [-0.3, -0.25) is 4.79 Å². The molecule has 0 bridgehead atoms. The summed E-state index contributed by atoms with van der Waals surface area (Å²) in [6.45, 7) is 0. The van der Waals surface area contributed by atoms with E-state index in [0.717, 1.165) is 5.56 Å². The minimum atomic E-state index is -0.407. The molecule has 7 heteroatoms. The Kier molecular flexibility index (Phi) is 5.78. The second kappa shape index (κ2) is 8.42. The number of ether oxygens (including phenoxy) is 2. The van der Waals surface area contributed by atoms with Gasteiger partial charge in [0.05, 0.1) is 26.0 Å². The average molecular weight is 385 g/mol. The Bertz CT molecular complexity index is 964. The predicted octanol–water partition coefficient (Wildman–Crippen LogP) is 4.38. The first-order valence-electron chi connectivity index (χ1n) is 8.02. The quantitative estimate of drug-likeness (QED) is 0.505. The van der Waals surface area contributed by atoms with E-state index in [1.165, 1.54) is 13.3 Å². The fourth-order valence-corrected chi connectivity index (χ4v) is 2.52. The van der Waals surface area contributed by atoms with Gasteiger partial charge in [-0.05, 0) is 48.5 Å². The number of nitrogens with one attached hydrogen (secondary N) is 1. The first-order valence-corrected chi connectivity index (χ1v) is 8.39. The second-order valence-electron chi connectivity index (χ2n) is 5.47. The number of methoxy groups -OCH3 is 2. The maximum atomic E-state index is 12.3. The number of carbonyl (C=O) groups excluding carboxylic acids is 1. The average Bonchev–Trinajstić information content (AvgIpc) is 3.16. The molecule has 0 atom stereocenters. The van der Waals surface area contributed by atoms with Gasteiger partial charge in [0, 0.05) is 16.7 Å². The Balaban J connectivity index is 1.67. The molecule has 138 valence electrons. The summed E-state index contributed by atoms with van der Waals surface area (Å²) in [6, 6.07) is 15.8. The van der Waals surface area contributed by atoms with Crippen molar-refractivity contribution in [2.75, 3.05) is 14.2 Å². The molecular formula is C20H17ClN2O4. The van der Waals surface area contributed by atoms with Crippen molar-refractivity contribution < 1.29 is 18.7 Å². The molecule has 1 aromatic heterocycles. The number of hydrazone groups is 1. The minimum absolute atomic E-state index is 0.344. The van der Waals surface area contributed by atoms with Gasteiger partial charge in [0.15, 0.2) is 0 Å². The highest BCUT2D eigenvalue weighted by atomic mass is 35.5. The first-order chi connectivity index (χ1) is 13.1. The molecule has 0 saturated carbocycles. The van der Waals surface area contributed by atoms with Gasteiger partial charge in [-0.25, -0.2) is 5.43 Å². The molecule has 0 aliphatic carbocycles. The normalized spacial score (nSPS) is 10.8. The first kappa shape index (κ1) is 18.5. The van der Waals surface area contributed by atoms with Crippen LogP contribution in [0.3, 0.4) is 0 Å². The van der Waals surface area contributed by atoms with Crippen LogP contribution >= 0.6 is 11.6 Å². The van der Waals surface area contributed by atoms with Crippen LogP contribution in [0.1, 0.15) is 16.1 Å². The summed E-state index contributed by atoms with van der Waals surface area (Å²) >= 11 is 5.88. The van der Waals surface area contributed by atoms with Gasteiger partial charge in [-0.1, -0.05) is 11.6 Å². The highest BCUT2D eigenvalue weighted by Crippen LogP contribution is 2.25. The van der Waals surface area contributed by atoms with Gasteiger partial charge in [0.1, 0.15) is 23.0 Å². The lowest BCUT2D eigenvalue weighted by atomic mass is 10.2. The molecule has 27 heavy (non-hydrogen) atoms. The van der Waals surface area contributed by atoms with Gasteiger partial charge in [-0.15, -0.1) is 0 Å². The van der Waals surface area contributed by atoms with Crippen molar-refractivity contribution in [3.8, 4) is 22.8 Å². The molecule has 0 aliphatic heterocycles. The summed E-state index contributed by atoms with van der Waals surface area (Å²) in [6.07, 6.45) is 1.42. The Morgan fingerprint density at radius 2 is 1.85 bits per heavy atom. The maximum Gasteiger partial charge on any atom is 0.275 e. The van der Waals surface area contributed by atoms with E-state index in [4.69, 9.17) is 25.5 Å². The number of amides is 1. The van der Waals surface area contributed by atoms with E-state index in [2.05, 4.69) is 10.5 Å². The minimum Gasteiger partial charge on any atom is -0.497 e. The van der Waals surface area contributed by atoms with Crippen LogP contribution in [0.2, 0.25) is 5.02 Å². The van der Waals surface area contributed by atoms with Crippen molar-refractivity contribution in [3.63, 3.8) is 0 Å². The number of benzene rings is 2. The smallest absolute Gasteiger partial charge is 0.275 e. The van der Waals surface area contributed by atoms with E-state index >= 15 is 0 Å². The largest absolute Gasteiger partial charge is 0.497 e. The van der Waals surface area contributed by atoms with E-state index in [9.17, 15) is 4.79 Å². The van der Waals surface area contributed by atoms with Gasteiger partial charge in [-0.2, -0.15) is 5.10 Å². The lowest BCUT2D eigenvalue weighted by Crippen LogP contribution is -2.18. The lowest BCUT2D eigenvalue weighted by Gasteiger charge is -2.08. The monoisotopic (exact) mass is 384 g/mol. The summed E-state index contributed by atoms with van der Waals surface area (Å²) in [5.41, 5.74) is 3.69. The SMILES string of the molecule is COc1ccc(C(=O)NN=Cc2ccc(-c3ccc(Cl)cc3)o2)c(OC)c1. The van der Waals surface area contributed by atoms with E-state index in [0.29, 0.717) is 33.6 Å². The molecule has 0 fully saturated rings.